The molecule has 1 fully saturated rings. The number of rotatable bonds is 5. The van der Waals surface area contributed by atoms with Gasteiger partial charge in [0.15, 0.2) is 6.61 Å². The van der Waals surface area contributed by atoms with Crippen LogP contribution in [-0.2, 0) is 16.0 Å². The maximum Gasteiger partial charge on any atom is 0.259 e. The van der Waals surface area contributed by atoms with Crippen LogP contribution in [0.5, 0.6) is 5.75 Å². The Morgan fingerprint density at radius 2 is 1.97 bits per heavy atom. The molecular weight excluding hydrogens is 406 g/mol. The number of aromatic nitrogens is 2. The van der Waals surface area contributed by atoms with Gasteiger partial charge in [-0.2, -0.15) is 5.10 Å². The summed E-state index contributed by atoms with van der Waals surface area (Å²) in [6.07, 6.45) is 7.70. The zero-order valence-corrected chi connectivity index (χ0v) is 19.4. The average Bonchev–Trinajstić information content (AvgIpc) is 3.27. The third-order valence-electron chi connectivity index (χ3n) is 6.52. The minimum atomic E-state index is -0.105. The summed E-state index contributed by atoms with van der Waals surface area (Å²) in [5.74, 6) is 0.590. The molecule has 32 heavy (non-hydrogen) atoms. The van der Waals surface area contributed by atoms with E-state index in [-0.39, 0.29) is 24.5 Å². The smallest absolute Gasteiger partial charge is 0.259 e. The van der Waals surface area contributed by atoms with Crippen LogP contribution in [0.15, 0.2) is 24.5 Å². The molecule has 1 saturated heterocycles. The van der Waals surface area contributed by atoms with Crippen molar-refractivity contribution in [2.75, 3.05) is 38.7 Å². The molecule has 0 saturated carbocycles. The Hall–Kier alpha value is -2.87. The largest absolute Gasteiger partial charge is 0.483 e. The zero-order valence-electron chi connectivity index (χ0n) is 19.4. The Kier molecular flexibility index (Phi) is 6.50. The summed E-state index contributed by atoms with van der Waals surface area (Å²) in [5, 5.41) is 8.03. The van der Waals surface area contributed by atoms with Crippen LogP contribution in [0.1, 0.15) is 44.7 Å². The molecule has 0 unspecified atom stereocenters. The van der Waals surface area contributed by atoms with E-state index in [1.165, 1.54) is 4.90 Å². The van der Waals surface area contributed by atoms with E-state index in [0.717, 1.165) is 61.2 Å². The third kappa shape index (κ3) is 4.37. The van der Waals surface area contributed by atoms with Crippen LogP contribution >= 0.6 is 0 Å². The molecule has 8 nitrogen and oxygen atoms in total. The molecule has 2 aromatic rings. The molecule has 3 heterocycles. The van der Waals surface area contributed by atoms with Gasteiger partial charge in [0.2, 0.25) is 5.91 Å². The van der Waals surface area contributed by atoms with Crippen molar-refractivity contribution in [2.45, 2.75) is 51.6 Å². The SMILES string of the molecule is CC(=O)N1c2ccc(-c3cnn(C4CCNCC4)c3)c(OCC(=O)N(C)C)c2CC[C@@H]1C. The second-order valence-corrected chi connectivity index (χ2v) is 8.98. The highest BCUT2D eigenvalue weighted by molar-refractivity contribution is 5.95. The fourth-order valence-corrected chi connectivity index (χ4v) is 4.69. The van der Waals surface area contributed by atoms with Gasteiger partial charge in [0.25, 0.3) is 5.91 Å². The van der Waals surface area contributed by atoms with Crippen LogP contribution in [-0.4, -0.2) is 66.3 Å². The van der Waals surface area contributed by atoms with Crippen molar-refractivity contribution < 1.29 is 14.3 Å². The summed E-state index contributed by atoms with van der Waals surface area (Å²) in [6, 6.07) is 4.51. The number of hydrogen-bond donors (Lipinski definition) is 1. The third-order valence-corrected chi connectivity index (χ3v) is 6.52. The van der Waals surface area contributed by atoms with Gasteiger partial charge in [0.1, 0.15) is 5.75 Å². The first-order valence-electron chi connectivity index (χ1n) is 11.4. The van der Waals surface area contributed by atoms with Crippen LogP contribution in [0.2, 0.25) is 0 Å². The average molecular weight is 440 g/mol. The molecule has 0 spiro atoms. The predicted octanol–water partition coefficient (Wildman–Crippen LogP) is 2.63. The molecule has 2 aliphatic heterocycles. The van der Waals surface area contributed by atoms with Crippen LogP contribution < -0.4 is 15.0 Å². The quantitative estimate of drug-likeness (QED) is 0.775. The topological polar surface area (TPSA) is 79.7 Å². The number of nitrogens with one attached hydrogen (secondary N) is 1. The lowest BCUT2D eigenvalue weighted by Gasteiger charge is -2.36. The fraction of sp³-hybridized carbons (Fsp3) is 0.542. The summed E-state index contributed by atoms with van der Waals surface area (Å²) in [7, 11) is 3.44. The number of amides is 2. The number of likely N-dealkylation sites (N-methyl/N-ethyl adjacent to an activating group) is 1. The van der Waals surface area contributed by atoms with Crippen molar-refractivity contribution in [3.05, 3.63) is 30.1 Å². The second-order valence-electron chi connectivity index (χ2n) is 8.98. The van der Waals surface area contributed by atoms with Crippen molar-refractivity contribution in [1.29, 1.82) is 0 Å². The number of carbonyl (C=O) groups is 2. The van der Waals surface area contributed by atoms with Crippen LogP contribution in [0, 0.1) is 0 Å². The summed E-state index contributed by atoms with van der Waals surface area (Å²) < 4.78 is 8.20. The molecule has 0 bridgehead atoms. The zero-order chi connectivity index (χ0) is 22.8. The highest BCUT2D eigenvalue weighted by Gasteiger charge is 2.30. The Balaban J connectivity index is 1.74. The van der Waals surface area contributed by atoms with Crippen LogP contribution in [0.25, 0.3) is 11.1 Å². The molecule has 2 amide bonds. The number of piperidine rings is 1. The molecule has 0 radical (unpaired) electrons. The van der Waals surface area contributed by atoms with E-state index in [0.29, 0.717) is 11.8 Å². The van der Waals surface area contributed by atoms with Gasteiger partial charge in [-0.15, -0.1) is 0 Å². The van der Waals surface area contributed by atoms with Crippen molar-refractivity contribution in [3.8, 4) is 16.9 Å². The van der Waals surface area contributed by atoms with Crippen LogP contribution in [0.4, 0.5) is 5.69 Å². The Bertz CT molecular complexity index is 994. The predicted molar refractivity (Wildman–Crippen MR) is 124 cm³/mol. The lowest BCUT2D eigenvalue weighted by atomic mass is 9.92. The van der Waals surface area contributed by atoms with Crippen molar-refractivity contribution >= 4 is 17.5 Å². The molecule has 1 atom stereocenters. The van der Waals surface area contributed by atoms with E-state index in [1.807, 2.05) is 27.9 Å². The van der Waals surface area contributed by atoms with Gasteiger partial charge in [0.05, 0.1) is 17.9 Å². The molecule has 1 N–H and O–H groups in total. The molecule has 172 valence electrons. The first kappa shape index (κ1) is 22.3. The number of benzene rings is 1. The maximum absolute atomic E-state index is 12.4. The van der Waals surface area contributed by atoms with Gasteiger partial charge in [-0.3, -0.25) is 14.3 Å². The van der Waals surface area contributed by atoms with E-state index < -0.39 is 0 Å². The molecular formula is C24H33N5O3. The van der Waals surface area contributed by atoms with E-state index in [4.69, 9.17) is 4.74 Å². The number of carbonyl (C=O) groups excluding carboxylic acids is 2. The van der Waals surface area contributed by atoms with Crippen LogP contribution in [0.3, 0.4) is 0 Å². The van der Waals surface area contributed by atoms with E-state index in [2.05, 4.69) is 23.5 Å². The monoisotopic (exact) mass is 439 g/mol. The van der Waals surface area contributed by atoms with Crippen molar-refractivity contribution in [1.82, 2.24) is 20.0 Å². The van der Waals surface area contributed by atoms with E-state index >= 15 is 0 Å². The molecule has 1 aromatic heterocycles. The lowest BCUT2D eigenvalue weighted by molar-refractivity contribution is -0.130. The molecule has 8 heteroatoms. The number of nitrogens with zero attached hydrogens (tertiary/aromatic N) is 4. The van der Waals surface area contributed by atoms with Gasteiger partial charge >= 0.3 is 0 Å². The molecule has 4 rings (SSSR count). The number of hydrogen-bond acceptors (Lipinski definition) is 5. The van der Waals surface area contributed by atoms with Gasteiger partial charge < -0.3 is 19.9 Å². The van der Waals surface area contributed by atoms with Crippen molar-refractivity contribution in [2.24, 2.45) is 0 Å². The highest BCUT2D eigenvalue weighted by Crippen LogP contribution is 2.43. The Morgan fingerprint density at radius 3 is 2.66 bits per heavy atom. The molecule has 1 aromatic carbocycles. The fourth-order valence-electron chi connectivity index (χ4n) is 4.69. The Morgan fingerprint density at radius 1 is 1.22 bits per heavy atom. The number of ether oxygens (including phenoxy) is 1. The van der Waals surface area contributed by atoms with Gasteiger partial charge in [-0.1, -0.05) is 0 Å². The van der Waals surface area contributed by atoms with Gasteiger partial charge in [0, 0.05) is 49.9 Å². The normalized spacial score (nSPS) is 18.9. The molecule has 2 aliphatic rings. The number of anilines is 1. The van der Waals surface area contributed by atoms with E-state index in [1.54, 1.807) is 21.0 Å². The minimum Gasteiger partial charge on any atom is -0.483 e. The summed E-state index contributed by atoms with van der Waals surface area (Å²) in [5.41, 5.74) is 3.73. The van der Waals surface area contributed by atoms with Crippen molar-refractivity contribution in [3.63, 3.8) is 0 Å². The second kappa shape index (κ2) is 9.32. The minimum absolute atomic E-state index is 0.0141. The lowest BCUT2D eigenvalue weighted by Crippen LogP contribution is -2.41. The molecule has 0 aliphatic carbocycles. The summed E-state index contributed by atoms with van der Waals surface area (Å²) >= 11 is 0. The van der Waals surface area contributed by atoms with Gasteiger partial charge in [-0.05, 0) is 57.8 Å². The first-order valence-corrected chi connectivity index (χ1v) is 11.4. The van der Waals surface area contributed by atoms with E-state index in [9.17, 15) is 9.59 Å². The standard InChI is InChI=1S/C24H33N5O3/c1-16-5-6-21-22(29(16)17(2)30)8-7-20(24(21)32-15-23(31)27(3)4)18-13-26-28(14-18)19-9-11-25-12-10-19/h7-8,13-14,16,19,25H,5-6,9-12,15H2,1-4H3/t16-/m0/s1. The van der Waals surface area contributed by atoms with Gasteiger partial charge in [-0.25, -0.2) is 0 Å². The summed E-state index contributed by atoms with van der Waals surface area (Å²) in [4.78, 5) is 28.0. The first-order chi connectivity index (χ1) is 15.4. The summed E-state index contributed by atoms with van der Waals surface area (Å²) in [6.45, 7) is 5.61. The maximum atomic E-state index is 12.4. The Labute approximate surface area is 189 Å². The number of fused-ring (bicyclic) bond motifs is 1. The highest BCUT2D eigenvalue weighted by atomic mass is 16.5.